The number of likely N-dealkylation sites (N-methyl/N-ethyl adjacent to an activating group) is 1. The lowest BCUT2D eigenvalue weighted by atomic mass is 9.89. The van der Waals surface area contributed by atoms with Crippen molar-refractivity contribution in [1.29, 1.82) is 0 Å². The zero-order valence-electron chi connectivity index (χ0n) is 22.3. The Morgan fingerprint density at radius 3 is 1.97 bits per heavy atom. The van der Waals surface area contributed by atoms with Crippen LogP contribution >= 0.6 is 0 Å². The van der Waals surface area contributed by atoms with E-state index in [9.17, 15) is 9.90 Å². The predicted molar refractivity (Wildman–Crippen MR) is 124 cm³/mol. The number of aliphatic hydroxyl groups excluding tert-OH is 1. The predicted octanol–water partition coefficient (Wildman–Crippen LogP) is 4.08. The molecular formula is C27H30N2O2. The molecule has 4 heteroatoms. The van der Waals surface area contributed by atoms with Gasteiger partial charge in [0.1, 0.15) is 0 Å². The zero-order chi connectivity index (χ0) is 25.9. The Morgan fingerprint density at radius 1 is 1.00 bits per heavy atom. The summed E-state index contributed by atoms with van der Waals surface area (Å²) >= 11 is 0. The second kappa shape index (κ2) is 9.90. The van der Waals surface area contributed by atoms with Crippen LogP contribution in [0.2, 0.25) is 0 Å². The van der Waals surface area contributed by atoms with Crippen LogP contribution in [0.25, 0.3) is 0 Å². The van der Waals surface area contributed by atoms with Crippen LogP contribution in [0, 0.1) is 0 Å². The minimum atomic E-state index is -2.94. The summed E-state index contributed by atoms with van der Waals surface area (Å²) in [5.74, 6) is -1.66. The Hall–Kier alpha value is -2.95. The summed E-state index contributed by atoms with van der Waals surface area (Å²) in [5, 5.41) is 10.1. The van der Waals surface area contributed by atoms with Crippen molar-refractivity contribution in [3.05, 3.63) is 108 Å². The molecule has 3 aromatic carbocycles. The fourth-order valence-electron chi connectivity index (χ4n) is 3.98. The number of hydrogen-bond donors (Lipinski definition) is 1. The maximum atomic E-state index is 14.4. The summed E-state index contributed by atoms with van der Waals surface area (Å²) in [6.45, 7) is -4.90. The van der Waals surface area contributed by atoms with E-state index >= 15 is 0 Å². The first kappa shape index (κ1) is 15.8. The summed E-state index contributed by atoms with van der Waals surface area (Å²) in [7, 11) is 0. The molecule has 0 aliphatic carbocycles. The molecule has 2 atom stereocenters. The van der Waals surface area contributed by atoms with E-state index < -0.39 is 37.4 Å². The first-order valence-corrected chi connectivity index (χ1v) is 10.5. The van der Waals surface area contributed by atoms with Gasteiger partial charge < -0.3 is 10.0 Å². The molecule has 0 radical (unpaired) electrons. The van der Waals surface area contributed by atoms with E-state index in [2.05, 4.69) is 0 Å². The number of carbonyl (C=O) groups excluding carboxylic acids is 1. The molecule has 1 heterocycles. The van der Waals surface area contributed by atoms with Gasteiger partial charge in [-0.1, -0.05) is 91.0 Å². The van der Waals surface area contributed by atoms with E-state index in [1.165, 1.54) is 4.90 Å². The average Bonchev–Trinajstić information content (AvgIpc) is 3.31. The highest BCUT2D eigenvalue weighted by Crippen LogP contribution is 2.31. The average molecular weight is 420 g/mol. The molecule has 0 unspecified atom stereocenters. The second-order valence-corrected chi connectivity index (χ2v) is 7.79. The number of nitrogens with zero attached hydrogens (tertiary/aromatic N) is 2. The minimum Gasteiger partial charge on any atom is -0.392 e. The molecule has 1 fully saturated rings. The number of carbonyl (C=O) groups is 1. The van der Waals surface area contributed by atoms with Crippen molar-refractivity contribution in [2.75, 3.05) is 26.6 Å². The van der Waals surface area contributed by atoms with Gasteiger partial charge in [0.15, 0.2) is 0 Å². The molecule has 3 aromatic rings. The molecule has 31 heavy (non-hydrogen) atoms. The monoisotopic (exact) mass is 419 g/mol. The van der Waals surface area contributed by atoms with Gasteiger partial charge in [0.2, 0.25) is 5.91 Å². The van der Waals surface area contributed by atoms with Crippen LogP contribution in [-0.2, 0) is 4.79 Å². The standard InChI is InChI=1S/C27H30N2O2/c1-28(25(21-11-5-2-6-12-21)20-29-18-17-24(30)19-29)27(31)26(22-13-7-3-8-14-22)23-15-9-4-10-16-23/h2-16,24-26,30H,17-20H2,1H3/t24-,25-/m1/s1/i1D3,20D2. The van der Waals surface area contributed by atoms with E-state index in [-0.39, 0.29) is 13.1 Å². The largest absolute Gasteiger partial charge is 0.392 e. The van der Waals surface area contributed by atoms with E-state index in [1.54, 1.807) is 78.9 Å². The number of amides is 1. The van der Waals surface area contributed by atoms with E-state index in [1.807, 2.05) is 12.1 Å². The third-order valence-electron chi connectivity index (χ3n) is 5.59. The second-order valence-electron chi connectivity index (χ2n) is 7.79. The van der Waals surface area contributed by atoms with Crippen molar-refractivity contribution in [2.24, 2.45) is 0 Å². The molecule has 160 valence electrons. The number of aliphatic hydroxyl groups is 1. The molecule has 1 aliphatic heterocycles. The molecule has 1 aliphatic rings. The zero-order valence-corrected chi connectivity index (χ0v) is 17.3. The number of benzene rings is 3. The summed E-state index contributed by atoms with van der Waals surface area (Å²) in [6.07, 6.45) is -0.339. The summed E-state index contributed by atoms with van der Waals surface area (Å²) in [4.78, 5) is 16.5. The number of hydrogen-bond acceptors (Lipinski definition) is 3. The number of likely N-dealkylation sites (tertiary alicyclic amines) is 1. The topological polar surface area (TPSA) is 43.8 Å². The van der Waals surface area contributed by atoms with Crippen molar-refractivity contribution in [3.63, 3.8) is 0 Å². The Labute approximate surface area is 191 Å². The van der Waals surface area contributed by atoms with Crippen molar-refractivity contribution in [1.82, 2.24) is 9.80 Å². The van der Waals surface area contributed by atoms with E-state index in [0.29, 0.717) is 23.1 Å². The van der Waals surface area contributed by atoms with Crippen molar-refractivity contribution < 1.29 is 16.8 Å². The van der Waals surface area contributed by atoms with Gasteiger partial charge in [-0.15, -0.1) is 0 Å². The highest BCUT2D eigenvalue weighted by Gasteiger charge is 2.32. The SMILES string of the molecule is [2H]C([2H])([2H])N(C(=O)C(c1ccccc1)c1ccccc1)[C@@H](c1ccccc1)C([2H])([2H])N1CC[C@@H](O)C1. The van der Waals surface area contributed by atoms with Crippen LogP contribution in [0.4, 0.5) is 0 Å². The Balaban J connectivity index is 1.88. The molecule has 1 saturated heterocycles. The normalized spacial score (nSPS) is 20.8. The third-order valence-corrected chi connectivity index (χ3v) is 5.59. The van der Waals surface area contributed by atoms with Gasteiger partial charge in [0.05, 0.1) is 18.1 Å². The quantitative estimate of drug-likeness (QED) is 0.627. The Bertz CT molecular complexity index is 1100. The molecule has 0 spiro atoms. The van der Waals surface area contributed by atoms with Gasteiger partial charge in [0.25, 0.3) is 0 Å². The van der Waals surface area contributed by atoms with Gasteiger partial charge in [-0.2, -0.15) is 0 Å². The van der Waals surface area contributed by atoms with Gasteiger partial charge in [-0.3, -0.25) is 9.69 Å². The maximum absolute atomic E-state index is 14.4. The summed E-state index contributed by atoms with van der Waals surface area (Å²) < 4.78 is 43.4. The van der Waals surface area contributed by atoms with E-state index in [0.717, 1.165) is 4.90 Å². The van der Waals surface area contributed by atoms with Crippen molar-refractivity contribution in [3.8, 4) is 0 Å². The van der Waals surface area contributed by atoms with Crippen LogP contribution < -0.4 is 0 Å². The fraction of sp³-hybridized carbons (Fsp3) is 0.296. The maximum Gasteiger partial charge on any atom is 0.234 e. The van der Waals surface area contributed by atoms with E-state index in [4.69, 9.17) is 6.85 Å². The first-order valence-electron chi connectivity index (χ1n) is 13.0. The molecular weight excluding hydrogens is 384 g/mol. The first-order chi connectivity index (χ1) is 17.1. The van der Waals surface area contributed by atoms with Crippen molar-refractivity contribution >= 4 is 5.91 Å². The van der Waals surface area contributed by atoms with Gasteiger partial charge in [0, 0.05) is 33.4 Å². The van der Waals surface area contributed by atoms with Crippen LogP contribution in [0.5, 0.6) is 0 Å². The Kier molecular flexibility index (Phi) is 5.05. The molecule has 4 rings (SSSR count). The number of β-amino-alcohol motifs (C(OH)–C–C–N with tert-alkyl or cyclic N) is 1. The van der Waals surface area contributed by atoms with Gasteiger partial charge >= 0.3 is 0 Å². The lowest BCUT2D eigenvalue weighted by Gasteiger charge is -2.34. The highest BCUT2D eigenvalue weighted by atomic mass is 16.3. The fourth-order valence-corrected chi connectivity index (χ4v) is 3.98. The third kappa shape index (κ3) is 5.04. The smallest absolute Gasteiger partial charge is 0.234 e. The lowest BCUT2D eigenvalue weighted by molar-refractivity contribution is -0.133. The van der Waals surface area contributed by atoms with Crippen LogP contribution in [0.15, 0.2) is 91.0 Å². The molecule has 4 nitrogen and oxygen atoms in total. The molecule has 0 aromatic heterocycles. The van der Waals surface area contributed by atoms with Crippen LogP contribution in [-0.4, -0.2) is 53.5 Å². The van der Waals surface area contributed by atoms with Gasteiger partial charge in [-0.05, 0) is 23.1 Å². The van der Waals surface area contributed by atoms with Crippen molar-refractivity contribution in [2.45, 2.75) is 24.5 Å². The van der Waals surface area contributed by atoms with Crippen LogP contribution in [0.3, 0.4) is 0 Å². The minimum absolute atomic E-state index is 0.0557. The molecule has 0 saturated carbocycles. The highest BCUT2D eigenvalue weighted by molar-refractivity contribution is 5.87. The molecule has 0 bridgehead atoms. The Morgan fingerprint density at radius 2 is 1.52 bits per heavy atom. The van der Waals surface area contributed by atoms with Gasteiger partial charge in [-0.25, -0.2) is 0 Å². The molecule has 1 N–H and O–H groups in total. The summed E-state index contributed by atoms with van der Waals surface area (Å²) in [5.41, 5.74) is 1.60. The lowest BCUT2D eigenvalue weighted by Crippen LogP contribution is -2.41. The molecule has 1 amide bonds. The van der Waals surface area contributed by atoms with Crippen LogP contribution in [0.1, 0.15) is 41.9 Å². The number of rotatable bonds is 7. The summed E-state index contributed by atoms with van der Waals surface area (Å²) in [6, 6.07) is 24.9.